The summed E-state index contributed by atoms with van der Waals surface area (Å²) in [6.45, 7) is 1.12. The molecule has 2 amide bonds. The van der Waals surface area contributed by atoms with Gasteiger partial charge in [-0.3, -0.25) is 14.5 Å². The van der Waals surface area contributed by atoms with Crippen molar-refractivity contribution in [1.82, 2.24) is 9.80 Å². The van der Waals surface area contributed by atoms with Gasteiger partial charge in [0.25, 0.3) is 0 Å². The number of benzene rings is 2. The van der Waals surface area contributed by atoms with Crippen molar-refractivity contribution in [1.29, 1.82) is 0 Å². The highest BCUT2D eigenvalue weighted by Crippen LogP contribution is 2.49. The summed E-state index contributed by atoms with van der Waals surface area (Å²) in [7, 11) is 3.92. The van der Waals surface area contributed by atoms with Crippen LogP contribution in [0.4, 0.5) is 0 Å². The van der Waals surface area contributed by atoms with Crippen molar-refractivity contribution in [2.75, 3.05) is 27.2 Å². The lowest BCUT2D eigenvalue weighted by Crippen LogP contribution is -2.37. The van der Waals surface area contributed by atoms with E-state index in [9.17, 15) is 9.59 Å². The van der Waals surface area contributed by atoms with Gasteiger partial charge in [-0.25, -0.2) is 0 Å². The highest BCUT2D eigenvalue weighted by atomic mass is 16.2. The summed E-state index contributed by atoms with van der Waals surface area (Å²) < 4.78 is 0. The molecule has 144 valence electrons. The first-order valence-electron chi connectivity index (χ1n) is 9.86. The minimum absolute atomic E-state index is 0.0315. The minimum atomic E-state index is -0.340. The number of hydrogen-bond acceptors (Lipinski definition) is 3. The van der Waals surface area contributed by atoms with Crippen molar-refractivity contribution in [2.45, 2.75) is 11.8 Å². The Bertz CT molecular complexity index is 808. The predicted octanol–water partition coefficient (Wildman–Crippen LogP) is 3.29. The molecule has 2 aliphatic rings. The second-order valence-corrected chi connectivity index (χ2v) is 7.94. The lowest BCUT2D eigenvalue weighted by Gasteiger charge is -2.32. The van der Waals surface area contributed by atoms with E-state index < -0.39 is 0 Å². The molecule has 4 nitrogen and oxygen atoms in total. The number of imide groups is 1. The Hall–Kier alpha value is -2.72. The molecule has 2 aromatic rings. The van der Waals surface area contributed by atoms with Gasteiger partial charge in [0.05, 0.1) is 11.8 Å². The van der Waals surface area contributed by atoms with Gasteiger partial charge in [0.2, 0.25) is 11.8 Å². The molecule has 4 rings (SSSR count). The maximum atomic E-state index is 13.4. The Labute approximate surface area is 166 Å². The molecule has 0 bridgehead atoms. The number of fused-ring (bicyclic) bond motifs is 1. The zero-order valence-corrected chi connectivity index (χ0v) is 16.4. The Morgan fingerprint density at radius 1 is 0.750 bits per heavy atom. The molecule has 0 saturated carbocycles. The first-order valence-corrected chi connectivity index (χ1v) is 9.86. The van der Waals surface area contributed by atoms with Gasteiger partial charge >= 0.3 is 0 Å². The van der Waals surface area contributed by atoms with Crippen molar-refractivity contribution >= 4 is 11.8 Å². The molecule has 1 saturated heterocycles. The summed E-state index contributed by atoms with van der Waals surface area (Å²) in [5, 5.41) is 0. The summed E-state index contributed by atoms with van der Waals surface area (Å²) in [6.07, 6.45) is 4.27. The SMILES string of the molecule is CN(C)CCN1C(=O)[C@H]2[C@H](C1=O)[C@H](c1ccccc1)C=C[C@@H]2c1ccccc1. The Morgan fingerprint density at radius 2 is 1.18 bits per heavy atom. The van der Waals surface area contributed by atoms with Crippen LogP contribution in [0.1, 0.15) is 23.0 Å². The Morgan fingerprint density at radius 3 is 1.57 bits per heavy atom. The number of amides is 2. The van der Waals surface area contributed by atoms with E-state index in [2.05, 4.69) is 36.4 Å². The zero-order valence-electron chi connectivity index (χ0n) is 16.4. The van der Waals surface area contributed by atoms with E-state index >= 15 is 0 Å². The zero-order chi connectivity index (χ0) is 19.7. The molecule has 1 aliphatic carbocycles. The normalized spacial score (nSPS) is 26.8. The van der Waals surface area contributed by atoms with Crippen LogP contribution in [0.2, 0.25) is 0 Å². The predicted molar refractivity (Wildman–Crippen MR) is 110 cm³/mol. The van der Waals surface area contributed by atoms with Crippen LogP contribution in [-0.4, -0.2) is 48.8 Å². The van der Waals surface area contributed by atoms with Gasteiger partial charge in [0.15, 0.2) is 0 Å². The monoisotopic (exact) mass is 374 g/mol. The van der Waals surface area contributed by atoms with Crippen molar-refractivity contribution in [3.63, 3.8) is 0 Å². The fraction of sp³-hybridized carbons (Fsp3) is 0.333. The molecule has 28 heavy (non-hydrogen) atoms. The summed E-state index contributed by atoms with van der Waals surface area (Å²) >= 11 is 0. The molecule has 1 heterocycles. The average Bonchev–Trinajstić information content (AvgIpc) is 2.98. The van der Waals surface area contributed by atoms with Crippen LogP contribution in [0, 0.1) is 11.8 Å². The number of nitrogens with zero attached hydrogens (tertiary/aromatic N) is 2. The number of allylic oxidation sites excluding steroid dienone is 2. The number of likely N-dealkylation sites (N-methyl/N-ethyl adjacent to an activating group) is 1. The summed E-state index contributed by atoms with van der Waals surface area (Å²) in [5.74, 6) is -0.870. The molecule has 4 heteroatoms. The molecule has 0 N–H and O–H groups in total. The first kappa shape index (κ1) is 18.6. The van der Waals surface area contributed by atoms with Gasteiger partial charge in [0, 0.05) is 24.9 Å². The second kappa shape index (κ2) is 7.72. The molecule has 0 radical (unpaired) electrons. The molecule has 2 aromatic carbocycles. The van der Waals surface area contributed by atoms with Gasteiger partial charge in [0.1, 0.15) is 0 Å². The smallest absolute Gasteiger partial charge is 0.234 e. The van der Waals surface area contributed by atoms with Crippen LogP contribution in [0.5, 0.6) is 0 Å². The molecule has 0 spiro atoms. The van der Waals surface area contributed by atoms with Crippen LogP contribution in [0.25, 0.3) is 0 Å². The summed E-state index contributed by atoms with van der Waals surface area (Å²) in [6, 6.07) is 20.1. The van der Waals surface area contributed by atoms with Crippen LogP contribution >= 0.6 is 0 Å². The number of carbonyl (C=O) groups is 2. The van der Waals surface area contributed by atoms with E-state index in [1.54, 1.807) is 0 Å². The quantitative estimate of drug-likeness (QED) is 0.596. The number of hydrogen-bond donors (Lipinski definition) is 0. The van der Waals surface area contributed by atoms with Gasteiger partial charge < -0.3 is 4.90 Å². The molecule has 1 fully saturated rings. The number of carbonyl (C=O) groups excluding carboxylic acids is 2. The fourth-order valence-electron chi connectivity index (χ4n) is 4.52. The Kier molecular flexibility index (Phi) is 5.14. The Balaban J connectivity index is 1.75. The first-order chi connectivity index (χ1) is 13.6. The van der Waals surface area contributed by atoms with E-state index in [-0.39, 0.29) is 35.5 Å². The van der Waals surface area contributed by atoms with Gasteiger partial charge in [-0.15, -0.1) is 0 Å². The van der Waals surface area contributed by atoms with E-state index in [1.165, 1.54) is 4.90 Å². The largest absolute Gasteiger partial charge is 0.308 e. The second-order valence-electron chi connectivity index (χ2n) is 7.94. The fourth-order valence-corrected chi connectivity index (χ4v) is 4.52. The van der Waals surface area contributed by atoms with Gasteiger partial charge in [-0.05, 0) is 25.2 Å². The van der Waals surface area contributed by atoms with Crippen LogP contribution < -0.4 is 0 Å². The van der Waals surface area contributed by atoms with Gasteiger partial charge in [-0.1, -0.05) is 72.8 Å². The van der Waals surface area contributed by atoms with Crippen molar-refractivity contribution in [3.05, 3.63) is 83.9 Å². The molecular weight excluding hydrogens is 348 g/mol. The number of likely N-dealkylation sites (tertiary alicyclic amines) is 1. The van der Waals surface area contributed by atoms with Crippen LogP contribution in [-0.2, 0) is 9.59 Å². The summed E-state index contributed by atoms with van der Waals surface area (Å²) in [5.41, 5.74) is 2.19. The topological polar surface area (TPSA) is 40.6 Å². The minimum Gasteiger partial charge on any atom is -0.308 e. The number of rotatable bonds is 5. The highest BCUT2D eigenvalue weighted by molar-refractivity contribution is 6.06. The molecule has 1 aliphatic heterocycles. The van der Waals surface area contributed by atoms with Gasteiger partial charge in [-0.2, -0.15) is 0 Å². The average molecular weight is 374 g/mol. The van der Waals surface area contributed by atoms with E-state index in [0.29, 0.717) is 13.1 Å². The third-order valence-corrected chi connectivity index (χ3v) is 5.93. The maximum Gasteiger partial charge on any atom is 0.234 e. The standard InChI is InChI=1S/C24H26N2O2/c1-25(2)15-16-26-23(27)21-19(17-9-5-3-6-10-17)13-14-20(22(21)24(26)28)18-11-7-4-8-12-18/h3-14,19-22H,15-16H2,1-2H3/t19-,20+,21-,22-/m1/s1. The molecule has 4 atom stereocenters. The van der Waals surface area contributed by atoms with Crippen molar-refractivity contribution in [2.24, 2.45) is 11.8 Å². The van der Waals surface area contributed by atoms with E-state index in [1.807, 2.05) is 55.4 Å². The summed E-state index contributed by atoms with van der Waals surface area (Å²) in [4.78, 5) is 30.3. The van der Waals surface area contributed by atoms with Crippen molar-refractivity contribution < 1.29 is 9.59 Å². The van der Waals surface area contributed by atoms with E-state index in [4.69, 9.17) is 0 Å². The highest BCUT2D eigenvalue weighted by Gasteiger charge is 2.54. The maximum absolute atomic E-state index is 13.4. The van der Waals surface area contributed by atoms with E-state index in [0.717, 1.165) is 11.1 Å². The molecule has 0 unspecified atom stereocenters. The third kappa shape index (κ3) is 3.29. The van der Waals surface area contributed by atoms with Crippen molar-refractivity contribution in [3.8, 4) is 0 Å². The molecular formula is C24H26N2O2. The van der Waals surface area contributed by atoms with Crippen LogP contribution in [0.15, 0.2) is 72.8 Å². The van der Waals surface area contributed by atoms with Crippen LogP contribution in [0.3, 0.4) is 0 Å². The lowest BCUT2D eigenvalue weighted by molar-refractivity contribution is -0.140. The lowest BCUT2D eigenvalue weighted by atomic mass is 9.68. The third-order valence-electron chi connectivity index (χ3n) is 5.93. The molecule has 0 aromatic heterocycles.